The fourth-order valence-corrected chi connectivity index (χ4v) is 3.85. The van der Waals surface area contributed by atoms with Gasteiger partial charge in [0, 0.05) is 31.4 Å². The minimum absolute atomic E-state index is 0.0193. The van der Waals surface area contributed by atoms with E-state index in [4.69, 9.17) is 5.10 Å². The molecular weight excluding hydrogens is 348 g/mol. The molecule has 1 atom stereocenters. The summed E-state index contributed by atoms with van der Waals surface area (Å²) in [5, 5.41) is 8.16. The summed E-state index contributed by atoms with van der Waals surface area (Å²) < 4.78 is 1.81. The number of aromatic nitrogens is 2. The van der Waals surface area contributed by atoms with Crippen molar-refractivity contribution in [3.8, 4) is 16.9 Å². The van der Waals surface area contributed by atoms with E-state index in [1.165, 1.54) is 5.56 Å². The summed E-state index contributed by atoms with van der Waals surface area (Å²) in [6.07, 6.45) is 2.85. The van der Waals surface area contributed by atoms with Crippen LogP contribution in [0.15, 0.2) is 54.7 Å². The van der Waals surface area contributed by atoms with Crippen molar-refractivity contribution in [3.63, 3.8) is 0 Å². The molecule has 0 radical (unpaired) electrons. The van der Waals surface area contributed by atoms with Gasteiger partial charge >= 0.3 is 0 Å². The molecule has 1 saturated heterocycles. The van der Waals surface area contributed by atoms with Crippen LogP contribution in [0.1, 0.15) is 27.9 Å². The standard InChI is InChI=1S/C23H26N4O/c1-16-9-10-20(17(2)13-16)22-21(23(28)26(3)19-11-12-24-14-19)15-27(25-22)18-7-5-4-6-8-18/h4-10,13,15,19,24H,11-12,14H2,1-3H3. The molecule has 1 N–H and O–H groups in total. The van der Waals surface area contributed by atoms with Gasteiger partial charge in [0.2, 0.25) is 0 Å². The zero-order valence-corrected chi connectivity index (χ0v) is 16.6. The van der Waals surface area contributed by atoms with Crippen LogP contribution in [0.5, 0.6) is 0 Å². The van der Waals surface area contributed by atoms with Gasteiger partial charge in [0.05, 0.1) is 11.3 Å². The van der Waals surface area contributed by atoms with Gasteiger partial charge in [0.25, 0.3) is 5.91 Å². The average Bonchev–Trinajstić information content (AvgIpc) is 3.38. The molecule has 0 spiro atoms. The first-order valence-electron chi connectivity index (χ1n) is 9.75. The Bertz CT molecular complexity index is 987. The highest BCUT2D eigenvalue weighted by molar-refractivity contribution is 6.00. The number of carbonyl (C=O) groups is 1. The number of benzene rings is 2. The number of nitrogens with one attached hydrogen (secondary N) is 1. The minimum Gasteiger partial charge on any atom is -0.337 e. The van der Waals surface area contributed by atoms with E-state index in [9.17, 15) is 4.79 Å². The number of amides is 1. The molecule has 5 nitrogen and oxygen atoms in total. The Labute approximate surface area is 166 Å². The van der Waals surface area contributed by atoms with Gasteiger partial charge < -0.3 is 10.2 Å². The first-order valence-corrected chi connectivity index (χ1v) is 9.75. The highest BCUT2D eigenvalue weighted by atomic mass is 16.2. The van der Waals surface area contributed by atoms with Gasteiger partial charge in [-0.05, 0) is 44.5 Å². The lowest BCUT2D eigenvalue weighted by atomic mass is 10.00. The summed E-state index contributed by atoms with van der Waals surface area (Å²) in [4.78, 5) is 15.3. The van der Waals surface area contributed by atoms with E-state index in [0.29, 0.717) is 5.56 Å². The fourth-order valence-electron chi connectivity index (χ4n) is 3.85. The van der Waals surface area contributed by atoms with Crippen molar-refractivity contribution in [2.75, 3.05) is 20.1 Å². The SMILES string of the molecule is Cc1ccc(-c2nn(-c3ccccc3)cc2C(=O)N(C)C2CCNC2)c(C)c1. The monoisotopic (exact) mass is 374 g/mol. The maximum Gasteiger partial charge on any atom is 0.257 e. The van der Waals surface area contributed by atoms with Gasteiger partial charge in [0.1, 0.15) is 5.69 Å². The first-order chi connectivity index (χ1) is 13.5. The van der Waals surface area contributed by atoms with Crippen LogP contribution in [0.2, 0.25) is 0 Å². The van der Waals surface area contributed by atoms with Gasteiger partial charge in [-0.15, -0.1) is 0 Å². The number of hydrogen-bond donors (Lipinski definition) is 1. The van der Waals surface area contributed by atoms with Gasteiger partial charge in [-0.3, -0.25) is 4.79 Å². The van der Waals surface area contributed by atoms with E-state index >= 15 is 0 Å². The molecule has 1 amide bonds. The van der Waals surface area contributed by atoms with Crippen LogP contribution in [0.25, 0.3) is 16.9 Å². The van der Waals surface area contributed by atoms with Crippen LogP contribution >= 0.6 is 0 Å². The number of rotatable bonds is 4. The minimum atomic E-state index is 0.0193. The van der Waals surface area contributed by atoms with Crippen LogP contribution in [-0.4, -0.2) is 46.8 Å². The second-order valence-corrected chi connectivity index (χ2v) is 7.55. The second-order valence-electron chi connectivity index (χ2n) is 7.55. The molecule has 4 rings (SSSR count). The maximum absolute atomic E-state index is 13.4. The number of nitrogens with zero attached hydrogens (tertiary/aromatic N) is 3. The Morgan fingerprint density at radius 1 is 1.18 bits per heavy atom. The summed E-state index contributed by atoms with van der Waals surface area (Å²) in [6, 6.07) is 16.4. The number of carbonyl (C=O) groups excluding carboxylic acids is 1. The van der Waals surface area contributed by atoms with Crippen molar-refractivity contribution in [3.05, 3.63) is 71.4 Å². The van der Waals surface area contributed by atoms with Crippen molar-refractivity contribution < 1.29 is 4.79 Å². The van der Waals surface area contributed by atoms with Gasteiger partial charge in [-0.2, -0.15) is 5.10 Å². The van der Waals surface area contributed by atoms with E-state index in [1.807, 2.05) is 53.2 Å². The molecule has 1 aliphatic rings. The molecule has 1 aliphatic heterocycles. The highest BCUT2D eigenvalue weighted by Crippen LogP contribution is 2.29. The Hall–Kier alpha value is -2.92. The quantitative estimate of drug-likeness (QED) is 0.759. The third kappa shape index (κ3) is 3.45. The fraction of sp³-hybridized carbons (Fsp3) is 0.304. The van der Waals surface area contributed by atoms with Crippen molar-refractivity contribution in [1.29, 1.82) is 0 Å². The topological polar surface area (TPSA) is 50.2 Å². The summed E-state index contributed by atoms with van der Waals surface area (Å²) >= 11 is 0. The molecule has 144 valence electrons. The Morgan fingerprint density at radius 3 is 2.64 bits per heavy atom. The molecule has 2 heterocycles. The Morgan fingerprint density at radius 2 is 1.96 bits per heavy atom. The maximum atomic E-state index is 13.4. The van der Waals surface area contributed by atoms with Crippen LogP contribution < -0.4 is 5.32 Å². The van der Waals surface area contributed by atoms with E-state index in [2.05, 4.69) is 37.4 Å². The predicted octanol–water partition coefficient (Wildman–Crippen LogP) is 3.59. The largest absolute Gasteiger partial charge is 0.337 e. The number of hydrogen-bond acceptors (Lipinski definition) is 3. The smallest absolute Gasteiger partial charge is 0.257 e. The number of likely N-dealkylation sites (N-methyl/N-ethyl adjacent to an activating group) is 1. The molecule has 1 fully saturated rings. The molecule has 1 unspecified atom stereocenters. The van der Waals surface area contributed by atoms with Crippen molar-refractivity contribution >= 4 is 5.91 Å². The highest BCUT2D eigenvalue weighted by Gasteiger charge is 2.28. The van der Waals surface area contributed by atoms with E-state index in [0.717, 1.165) is 42.0 Å². The second kappa shape index (κ2) is 7.60. The summed E-state index contributed by atoms with van der Waals surface area (Å²) in [5.41, 5.74) is 5.65. The molecule has 1 aromatic heterocycles. The lowest BCUT2D eigenvalue weighted by Gasteiger charge is -2.23. The Balaban J connectivity index is 1.81. The van der Waals surface area contributed by atoms with E-state index in [-0.39, 0.29) is 11.9 Å². The van der Waals surface area contributed by atoms with Gasteiger partial charge in [-0.1, -0.05) is 42.0 Å². The van der Waals surface area contributed by atoms with Gasteiger partial charge in [-0.25, -0.2) is 4.68 Å². The van der Waals surface area contributed by atoms with Crippen LogP contribution in [0, 0.1) is 13.8 Å². The van der Waals surface area contributed by atoms with E-state index in [1.54, 1.807) is 0 Å². The summed E-state index contributed by atoms with van der Waals surface area (Å²) in [7, 11) is 1.89. The zero-order chi connectivity index (χ0) is 19.7. The average molecular weight is 374 g/mol. The van der Waals surface area contributed by atoms with Crippen LogP contribution in [0.4, 0.5) is 0 Å². The Kier molecular flexibility index (Phi) is 5.01. The van der Waals surface area contributed by atoms with Crippen molar-refractivity contribution in [1.82, 2.24) is 20.0 Å². The van der Waals surface area contributed by atoms with Crippen molar-refractivity contribution in [2.45, 2.75) is 26.3 Å². The normalized spacial score (nSPS) is 16.3. The predicted molar refractivity (Wildman–Crippen MR) is 112 cm³/mol. The summed E-state index contributed by atoms with van der Waals surface area (Å²) in [5.74, 6) is 0.0193. The molecule has 2 aromatic carbocycles. The zero-order valence-electron chi connectivity index (χ0n) is 16.6. The lowest BCUT2D eigenvalue weighted by molar-refractivity contribution is 0.0744. The van der Waals surface area contributed by atoms with Crippen LogP contribution in [0.3, 0.4) is 0 Å². The van der Waals surface area contributed by atoms with Crippen LogP contribution in [-0.2, 0) is 0 Å². The molecule has 3 aromatic rings. The molecule has 0 bridgehead atoms. The third-order valence-corrected chi connectivity index (χ3v) is 5.50. The molecular formula is C23H26N4O. The molecule has 5 heteroatoms. The molecule has 0 aliphatic carbocycles. The van der Waals surface area contributed by atoms with Gasteiger partial charge in [0.15, 0.2) is 0 Å². The number of aryl methyl sites for hydroxylation is 2. The van der Waals surface area contributed by atoms with E-state index < -0.39 is 0 Å². The molecule has 28 heavy (non-hydrogen) atoms. The summed E-state index contributed by atoms with van der Waals surface area (Å²) in [6.45, 7) is 5.94. The lowest BCUT2D eigenvalue weighted by Crippen LogP contribution is -2.38. The first kappa shape index (κ1) is 18.4. The molecule has 0 saturated carbocycles. The number of para-hydroxylation sites is 1. The third-order valence-electron chi connectivity index (χ3n) is 5.50. The van der Waals surface area contributed by atoms with Crippen molar-refractivity contribution in [2.24, 2.45) is 0 Å².